The number of hydrogen-bond acceptors (Lipinski definition) is 3. The molecule has 2 N–H and O–H groups in total. The van der Waals surface area contributed by atoms with E-state index in [2.05, 4.69) is 11.6 Å². The largest absolute Gasteiger partial charge is 0.396 e. The molecule has 6 heteroatoms. The molecule has 1 heterocycles. The van der Waals surface area contributed by atoms with E-state index in [-0.39, 0.29) is 12.0 Å². The summed E-state index contributed by atoms with van der Waals surface area (Å²) in [5, 5.41) is 9.48. The van der Waals surface area contributed by atoms with Crippen LogP contribution >= 0.6 is 0 Å². The summed E-state index contributed by atoms with van der Waals surface area (Å²) in [4.78, 5) is 0. The third-order valence-corrected chi connectivity index (χ3v) is 5.95. The van der Waals surface area contributed by atoms with Crippen molar-refractivity contribution < 1.29 is 13.5 Å². The van der Waals surface area contributed by atoms with Gasteiger partial charge in [0.2, 0.25) is 0 Å². The summed E-state index contributed by atoms with van der Waals surface area (Å²) >= 11 is 0. The molecule has 1 fully saturated rings. The molecule has 1 rings (SSSR count). The van der Waals surface area contributed by atoms with Crippen LogP contribution in [0.4, 0.5) is 0 Å². The van der Waals surface area contributed by atoms with Gasteiger partial charge >= 0.3 is 0 Å². The second-order valence-corrected chi connectivity index (χ2v) is 7.55. The highest BCUT2D eigenvalue weighted by atomic mass is 32.2. The third kappa shape index (κ3) is 4.41. The molecular weight excluding hydrogens is 264 g/mol. The van der Waals surface area contributed by atoms with Gasteiger partial charge in [0.1, 0.15) is 0 Å². The number of nitrogens with zero attached hydrogens (tertiary/aromatic N) is 1. The van der Waals surface area contributed by atoms with E-state index < -0.39 is 10.2 Å². The van der Waals surface area contributed by atoms with Crippen molar-refractivity contribution >= 4 is 10.2 Å². The lowest BCUT2D eigenvalue weighted by Gasteiger charge is -2.33. The van der Waals surface area contributed by atoms with Crippen molar-refractivity contribution in [1.82, 2.24) is 9.03 Å². The molecule has 0 radical (unpaired) electrons. The average molecular weight is 292 g/mol. The van der Waals surface area contributed by atoms with Crippen molar-refractivity contribution in [2.24, 2.45) is 11.3 Å². The van der Waals surface area contributed by atoms with E-state index in [1.165, 1.54) is 4.31 Å². The minimum absolute atomic E-state index is 0.0128. The van der Waals surface area contributed by atoms with Gasteiger partial charge in [-0.15, -0.1) is 0 Å². The Morgan fingerprint density at radius 1 is 1.37 bits per heavy atom. The molecular formula is C13H28N2O3S. The van der Waals surface area contributed by atoms with Crippen LogP contribution < -0.4 is 4.72 Å². The summed E-state index contributed by atoms with van der Waals surface area (Å²) in [6.07, 6.45) is 3.54. The van der Waals surface area contributed by atoms with Gasteiger partial charge in [-0.25, -0.2) is 4.72 Å². The Morgan fingerprint density at radius 3 is 2.47 bits per heavy atom. The zero-order chi connectivity index (χ0) is 14.5. The van der Waals surface area contributed by atoms with E-state index in [1.54, 1.807) is 0 Å². The van der Waals surface area contributed by atoms with Crippen molar-refractivity contribution in [3.8, 4) is 0 Å². The van der Waals surface area contributed by atoms with E-state index in [0.717, 1.165) is 25.7 Å². The van der Waals surface area contributed by atoms with Crippen molar-refractivity contribution in [3.63, 3.8) is 0 Å². The normalized spacial score (nSPS) is 22.6. The van der Waals surface area contributed by atoms with Crippen LogP contribution in [-0.4, -0.2) is 44.1 Å². The average Bonchev–Trinajstić information content (AvgIpc) is 2.41. The molecule has 0 aromatic heterocycles. The first-order valence-corrected chi connectivity index (χ1v) is 8.68. The Morgan fingerprint density at radius 2 is 2.00 bits per heavy atom. The second kappa shape index (κ2) is 7.02. The van der Waals surface area contributed by atoms with Crippen molar-refractivity contribution in [3.05, 3.63) is 0 Å². The zero-order valence-electron chi connectivity index (χ0n) is 12.4. The van der Waals surface area contributed by atoms with Gasteiger partial charge in [0, 0.05) is 31.7 Å². The fourth-order valence-electron chi connectivity index (χ4n) is 2.48. The maximum atomic E-state index is 12.3. The topological polar surface area (TPSA) is 69.6 Å². The van der Waals surface area contributed by atoms with Crippen LogP contribution in [0.25, 0.3) is 0 Å². The van der Waals surface area contributed by atoms with Gasteiger partial charge in [0.25, 0.3) is 10.2 Å². The first-order valence-electron chi connectivity index (χ1n) is 7.24. The van der Waals surface area contributed by atoms with E-state index in [0.29, 0.717) is 25.6 Å². The van der Waals surface area contributed by atoms with Crippen molar-refractivity contribution in [2.45, 2.75) is 46.5 Å². The van der Waals surface area contributed by atoms with Gasteiger partial charge in [0.15, 0.2) is 0 Å². The maximum Gasteiger partial charge on any atom is 0.279 e. The minimum Gasteiger partial charge on any atom is -0.396 e. The summed E-state index contributed by atoms with van der Waals surface area (Å²) < 4.78 is 28.7. The first kappa shape index (κ1) is 16.9. The molecule has 114 valence electrons. The molecule has 0 aliphatic carbocycles. The molecule has 0 spiro atoms. The molecule has 1 aliphatic heterocycles. The van der Waals surface area contributed by atoms with Crippen LogP contribution in [0, 0.1) is 11.3 Å². The molecule has 0 aromatic carbocycles. The number of aliphatic hydroxyl groups excluding tert-OH is 1. The van der Waals surface area contributed by atoms with E-state index >= 15 is 0 Å². The van der Waals surface area contributed by atoms with Crippen molar-refractivity contribution in [1.29, 1.82) is 0 Å². The maximum absolute atomic E-state index is 12.3. The Bertz CT molecular complexity index is 358. The Kier molecular flexibility index (Phi) is 6.23. The molecule has 1 unspecified atom stereocenters. The number of hydrogen-bond donors (Lipinski definition) is 2. The lowest BCUT2D eigenvalue weighted by atomic mass is 9.84. The third-order valence-electron chi connectivity index (χ3n) is 4.42. The van der Waals surface area contributed by atoms with Crippen LogP contribution in [-0.2, 0) is 10.2 Å². The molecule has 19 heavy (non-hydrogen) atoms. The highest BCUT2D eigenvalue weighted by molar-refractivity contribution is 7.87. The van der Waals surface area contributed by atoms with Gasteiger partial charge < -0.3 is 5.11 Å². The van der Waals surface area contributed by atoms with Crippen LogP contribution in [0.2, 0.25) is 0 Å². The van der Waals surface area contributed by atoms with Crippen LogP contribution in [0.5, 0.6) is 0 Å². The molecule has 0 saturated carbocycles. The van der Waals surface area contributed by atoms with Crippen LogP contribution in [0.1, 0.15) is 46.5 Å². The predicted octanol–water partition coefficient (Wildman–Crippen LogP) is 1.35. The second-order valence-electron chi connectivity index (χ2n) is 5.80. The Hall–Kier alpha value is -0.170. The molecule has 0 bridgehead atoms. The van der Waals surface area contributed by atoms with Gasteiger partial charge in [-0.1, -0.05) is 20.8 Å². The molecule has 5 nitrogen and oxygen atoms in total. The molecule has 0 amide bonds. The quantitative estimate of drug-likeness (QED) is 0.744. The summed E-state index contributed by atoms with van der Waals surface area (Å²) in [5.74, 6) is 0.422. The fraction of sp³-hybridized carbons (Fsp3) is 1.00. The van der Waals surface area contributed by atoms with Gasteiger partial charge in [0.05, 0.1) is 0 Å². The van der Waals surface area contributed by atoms with Gasteiger partial charge in [-0.05, 0) is 31.6 Å². The van der Waals surface area contributed by atoms with E-state index in [9.17, 15) is 13.5 Å². The lowest BCUT2D eigenvalue weighted by molar-refractivity contribution is 0.118. The zero-order valence-corrected chi connectivity index (χ0v) is 13.2. The summed E-state index contributed by atoms with van der Waals surface area (Å²) in [5.41, 5.74) is -0.339. The summed E-state index contributed by atoms with van der Waals surface area (Å²) in [6, 6.07) is 0. The Balaban J connectivity index is 2.64. The highest BCUT2D eigenvalue weighted by Gasteiger charge is 2.31. The minimum atomic E-state index is -3.41. The standard InChI is InChI=1S/C13H28N2O3S/c1-4-13(5-2,11-16)10-14-19(17,18)15-8-6-7-12(3)9-15/h12,14,16H,4-11H2,1-3H3. The lowest BCUT2D eigenvalue weighted by Crippen LogP contribution is -2.49. The number of aliphatic hydroxyl groups is 1. The van der Waals surface area contributed by atoms with Gasteiger partial charge in [-0.2, -0.15) is 12.7 Å². The molecule has 1 aliphatic rings. The summed E-state index contributed by atoms with van der Waals surface area (Å²) in [6.45, 7) is 7.57. The van der Waals surface area contributed by atoms with E-state index in [4.69, 9.17) is 0 Å². The smallest absolute Gasteiger partial charge is 0.279 e. The molecule has 1 atom stereocenters. The fourth-order valence-corrected chi connectivity index (χ4v) is 3.97. The van der Waals surface area contributed by atoms with E-state index in [1.807, 2.05) is 13.8 Å². The number of piperidine rings is 1. The monoisotopic (exact) mass is 292 g/mol. The summed E-state index contributed by atoms with van der Waals surface area (Å²) in [7, 11) is -3.41. The number of rotatable bonds is 7. The highest BCUT2D eigenvalue weighted by Crippen LogP contribution is 2.25. The SMILES string of the molecule is CCC(CC)(CO)CNS(=O)(=O)N1CCCC(C)C1. The Labute approximate surface area is 117 Å². The molecule has 0 aromatic rings. The molecule has 1 saturated heterocycles. The van der Waals surface area contributed by atoms with Crippen molar-refractivity contribution in [2.75, 3.05) is 26.2 Å². The van der Waals surface area contributed by atoms with Crippen LogP contribution in [0.3, 0.4) is 0 Å². The van der Waals surface area contributed by atoms with Crippen LogP contribution in [0.15, 0.2) is 0 Å². The number of nitrogens with one attached hydrogen (secondary N) is 1. The van der Waals surface area contributed by atoms with Gasteiger partial charge in [-0.3, -0.25) is 0 Å². The first-order chi connectivity index (χ1) is 8.89. The predicted molar refractivity (Wildman–Crippen MR) is 77.0 cm³/mol.